The number of nitrogens with one attached hydrogen (secondary N) is 2. The number of carbonyl (C=O) groups excluding carboxylic acids is 1. The first-order chi connectivity index (χ1) is 9.11. The summed E-state index contributed by atoms with van der Waals surface area (Å²) in [5.41, 5.74) is 1.20. The Morgan fingerprint density at radius 2 is 2.16 bits per heavy atom. The average molecular weight is 264 g/mol. The highest BCUT2D eigenvalue weighted by Gasteiger charge is 2.01. The quantitative estimate of drug-likeness (QED) is 0.701. The first kappa shape index (κ1) is 15.5. The number of rotatable bonds is 8. The molecular weight excluding hydrogens is 240 g/mol. The molecule has 2 N–H and O–H groups in total. The van der Waals surface area contributed by atoms with Crippen molar-refractivity contribution in [3.63, 3.8) is 0 Å². The molecule has 0 heterocycles. The fraction of sp³-hybridized carbons (Fsp3) is 0.533. The normalized spacial score (nSPS) is 10.5. The van der Waals surface area contributed by atoms with Crippen LogP contribution in [0.2, 0.25) is 0 Å². The topological polar surface area (TPSA) is 50.4 Å². The van der Waals surface area contributed by atoms with Crippen molar-refractivity contribution >= 4 is 5.91 Å². The van der Waals surface area contributed by atoms with Crippen LogP contribution < -0.4 is 15.4 Å². The van der Waals surface area contributed by atoms with E-state index in [2.05, 4.69) is 30.5 Å². The second kappa shape index (κ2) is 8.53. The van der Waals surface area contributed by atoms with Crippen molar-refractivity contribution < 1.29 is 9.53 Å². The Bertz CT molecular complexity index is 391. The molecule has 4 nitrogen and oxygen atoms in total. The van der Waals surface area contributed by atoms with Crippen LogP contribution in [0, 0.1) is 5.92 Å². The number of hydrogen-bond acceptors (Lipinski definition) is 3. The van der Waals surface area contributed by atoms with Gasteiger partial charge in [-0.05, 0) is 36.6 Å². The molecule has 0 aromatic heterocycles. The minimum Gasteiger partial charge on any atom is -0.497 e. The van der Waals surface area contributed by atoms with Gasteiger partial charge in [-0.2, -0.15) is 0 Å². The molecule has 1 rings (SSSR count). The van der Waals surface area contributed by atoms with Gasteiger partial charge in [-0.1, -0.05) is 26.0 Å². The first-order valence-corrected chi connectivity index (χ1v) is 6.72. The highest BCUT2D eigenvalue weighted by molar-refractivity contribution is 5.77. The highest BCUT2D eigenvalue weighted by Crippen LogP contribution is 2.12. The van der Waals surface area contributed by atoms with Gasteiger partial charge in [-0.3, -0.25) is 4.79 Å². The number of benzene rings is 1. The molecule has 0 saturated heterocycles. The highest BCUT2D eigenvalue weighted by atomic mass is 16.5. The van der Waals surface area contributed by atoms with Crippen molar-refractivity contribution in [3.05, 3.63) is 29.8 Å². The van der Waals surface area contributed by atoms with Crippen molar-refractivity contribution in [1.29, 1.82) is 0 Å². The molecule has 0 atom stereocenters. The van der Waals surface area contributed by atoms with E-state index in [4.69, 9.17) is 4.74 Å². The molecule has 0 aliphatic carbocycles. The van der Waals surface area contributed by atoms with Crippen LogP contribution in [0.1, 0.15) is 19.4 Å². The van der Waals surface area contributed by atoms with E-state index in [1.165, 1.54) is 5.56 Å². The predicted molar refractivity (Wildman–Crippen MR) is 77.4 cm³/mol. The van der Waals surface area contributed by atoms with Crippen LogP contribution in [-0.4, -0.2) is 32.7 Å². The zero-order valence-electron chi connectivity index (χ0n) is 12.0. The lowest BCUT2D eigenvalue weighted by Gasteiger charge is -2.09. The molecule has 0 saturated carbocycles. The van der Waals surface area contributed by atoms with Crippen molar-refractivity contribution in [1.82, 2.24) is 10.6 Å². The van der Waals surface area contributed by atoms with Gasteiger partial charge in [0.2, 0.25) is 5.91 Å². The molecule has 19 heavy (non-hydrogen) atoms. The molecule has 0 fully saturated rings. The van der Waals surface area contributed by atoms with Crippen LogP contribution in [0.5, 0.6) is 5.75 Å². The van der Waals surface area contributed by atoms with Crippen LogP contribution in [0.15, 0.2) is 24.3 Å². The van der Waals surface area contributed by atoms with Crippen molar-refractivity contribution in [2.45, 2.75) is 20.3 Å². The number of hydrogen-bond donors (Lipinski definition) is 2. The van der Waals surface area contributed by atoms with E-state index < -0.39 is 0 Å². The molecule has 106 valence electrons. The summed E-state index contributed by atoms with van der Waals surface area (Å²) in [6.07, 6.45) is 0.884. The van der Waals surface area contributed by atoms with E-state index in [1.807, 2.05) is 18.2 Å². The lowest BCUT2D eigenvalue weighted by atomic mass is 10.1. The summed E-state index contributed by atoms with van der Waals surface area (Å²) in [7, 11) is 1.66. The van der Waals surface area contributed by atoms with Gasteiger partial charge in [0.05, 0.1) is 13.7 Å². The molecule has 4 heteroatoms. The van der Waals surface area contributed by atoms with Gasteiger partial charge in [0.25, 0.3) is 0 Å². The third-order valence-corrected chi connectivity index (χ3v) is 2.72. The first-order valence-electron chi connectivity index (χ1n) is 6.72. The maximum atomic E-state index is 11.5. The van der Waals surface area contributed by atoms with Gasteiger partial charge < -0.3 is 15.4 Å². The summed E-state index contributed by atoms with van der Waals surface area (Å²) in [6, 6.07) is 7.98. The number of amides is 1. The average Bonchev–Trinajstić information content (AvgIpc) is 2.41. The van der Waals surface area contributed by atoms with E-state index in [1.54, 1.807) is 7.11 Å². The minimum absolute atomic E-state index is 0.0549. The maximum Gasteiger partial charge on any atom is 0.233 e. The van der Waals surface area contributed by atoms with E-state index in [0.29, 0.717) is 12.5 Å². The third-order valence-electron chi connectivity index (χ3n) is 2.72. The second-order valence-corrected chi connectivity index (χ2v) is 4.98. The molecule has 0 radical (unpaired) electrons. The molecule has 1 aromatic carbocycles. The Kier molecular flexibility index (Phi) is 6.97. The Labute approximate surface area is 115 Å². The van der Waals surface area contributed by atoms with Crippen LogP contribution in [-0.2, 0) is 11.2 Å². The number of methoxy groups -OCH3 is 1. The summed E-state index contributed by atoms with van der Waals surface area (Å²) >= 11 is 0. The van der Waals surface area contributed by atoms with Gasteiger partial charge in [-0.15, -0.1) is 0 Å². The van der Waals surface area contributed by atoms with Crippen LogP contribution in [0.25, 0.3) is 0 Å². The third kappa shape index (κ3) is 6.82. The smallest absolute Gasteiger partial charge is 0.233 e. The lowest BCUT2D eigenvalue weighted by Crippen LogP contribution is -2.36. The Morgan fingerprint density at radius 1 is 1.37 bits per heavy atom. The monoisotopic (exact) mass is 264 g/mol. The molecule has 0 aliphatic heterocycles. The van der Waals surface area contributed by atoms with E-state index >= 15 is 0 Å². The predicted octanol–water partition coefficient (Wildman–Crippen LogP) is 1.60. The van der Waals surface area contributed by atoms with Gasteiger partial charge in [0.1, 0.15) is 5.75 Å². The molecular formula is C15H24N2O2. The Hall–Kier alpha value is -1.55. The lowest BCUT2D eigenvalue weighted by molar-refractivity contribution is -0.120. The van der Waals surface area contributed by atoms with E-state index in [-0.39, 0.29) is 5.91 Å². The Morgan fingerprint density at radius 3 is 2.84 bits per heavy atom. The molecule has 1 amide bonds. The molecule has 0 unspecified atom stereocenters. The van der Waals surface area contributed by atoms with E-state index in [0.717, 1.165) is 25.3 Å². The zero-order valence-corrected chi connectivity index (χ0v) is 12.0. The fourth-order valence-electron chi connectivity index (χ4n) is 1.64. The summed E-state index contributed by atoms with van der Waals surface area (Å²) in [5.74, 6) is 1.41. The van der Waals surface area contributed by atoms with Crippen LogP contribution in [0.4, 0.5) is 0 Å². The number of carbonyl (C=O) groups is 1. The van der Waals surface area contributed by atoms with Crippen molar-refractivity contribution in [2.75, 3.05) is 26.7 Å². The van der Waals surface area contributed by atoms with Crippen molar-refractivity contribution in [3.8, 4) is 5.75 Å². The summed E-state index contributed by atoms with van der Waals surface area (Å²) in [4.78, 5) is 11.5. The largest absolute Gasteiger partial charge is 0.497 e. The molecule has 0 aliphatic rings. The maximum absolute atomic E-state index is 11.5. The fourth-order valence-corrected chi connectivity index (χ4v) is 1.64. The van der Waals surface area contributed by atoms with Crippen LogP contribution >= 0.6 is 0 Å². The summed E-state index contributed by atoms with van der Waals surface area (Å²) in [6.45, 7) is 6.04. The minimum atomic E-state index is 0.0549. The van der Waals surface area contributed by atoms with Gasteiger partial charge in [0, 0.05) is 6.54 Å². The van der Waals surface area contributed by atoms with Gasteiger partial charge >= 0.3 is 0 Å². The second-order valence-electron chi connectivity index (χ2n) is 4.98. The van der Waals surface area contributed by atoms with Gasteiger partial charge in [0.15, 0.2) is 0 Å². The van der Waals surface area contributed by atoms with Crippen molar-refractivity contribution in [2.24, 2.45) is 5.92 Å². The SMILES string of the molecule is COc1cccc(CCNCC(=O)NCC(C)C)c1. The van der Waals surface area contributed by atoms with E-state index in [9.17, 15) is 4.79 Å². The molecule has 0 spiro atoms. The van der Waals surface area contributed by atoms with Crippen LogP contribution in [0.3, 0.4) is 0 Å². The number of ether oxygens (including phenoxy) is 1. The zero-order chi connectivity index (χ0) is 14.1. The molecule has 0 bridgehead atoms. The van der Waals surface area contributed by atoms with Gasteiger partial charge in [-0.25, -0.2) is 0 Å². The summed E-state index contributed by atoms with van der Waals surface area (Å²) in [5, 5.41) is 6.02. The molecule has 1 aromatic rings. The Balaban J connectivity index is 2.18. The standard InChI is InChI=1S/C15H24N2O2/c1-12(2)10-17-15(18)11-16-8-7-13-5-4-6-14(9-13)19-3/h4-6,9,12,16H,7-8,10-11H2,1-3H3,(H,17,18). The summed E-state index contributed by atoms with van der Waals surface area (Å²) < 4.78 is 5.17.